The molecule has 4 nitrogen and oxygen atoms in total. The van der Waals surface area contributed by atoms with E-state index in [1.165, 1.54) is 26.9 Å². The summed E-state index contributed by atoms with van der Waals surface area (Å²) >= 11 is 5.53. The lowest BCUT2D eigenvalue weighted by molar-refractivity contribution is 0.206. The third-order valence-corrected chi connectivity index (χ3v) is 9.00. The molecule has 4 aromatic rings. The van der Waals surface area contributed by atoms with Gasteiger partial charge in [-0.05, 0) is 51.2 Å². The monoisotopic (exact) mass is 467 g/mol. The first kappa shape index (κ1) is 20.9. The first-order valence-electron chi connectivity index (χ1n) is 10.5. The number of aromatic nitrogens is 2. The van der Waals surface area contributed by atoms with Crippen molar-refractivity contribution in [3.05, 3.63) is 63.5 Å². The zero-order valence-corrected chi connectivity index (χ0v) is 20.2. The van der Waals surface area contributed by atoms with Gasteiger partial charge in [0.15, 0.2) is 0 Å². The molecule has 5 rings (SSSR count). The molecule has 4 heterocycles. The van der Waals surface area contributed by atoms with E-state index in [2.05, 4.69) is 46.0 Å². The molecule has 0 bridgehead atoms. The zero-order chi connectivity index (χ0) is 21.2. The van der Waals surface area contributed by atoms with Gasteiger partial charge in [-0.1, -0.05) is 35.5 Å². The summed E-state index contributed by atoms with van der Waals surface area (Å²) in [5, 5.41) is 7.74. The fourth-order valence-electron chi connectivity index (χ4n) is 4.17. The normalized spacial score (nSPS) is 15.5. The minimum atomic E-state index is 0.542. The van der Waals surface area contributed by atoms with Crippen LogP contribution in [0.5, 0.6) is 0 Å². The molecule has 0 radical (unpaired) electrons. The van der Waals surface area contributed by atoms with Crippen molar-refractivity contribution in [3.63, 3.8) is 0 Å². The molecule has 7 heteroatoms. The predicted octanol–water partition coefficient (Wildman–Crippen LogP) is 6.94. The smallest absolute Gasteiger partial charge is 0.143 e. The van der Waals surface area contributed by atoms with Crippen LogP contribution in [0.3, 0.4) is 0 Å². The second kappa shape index (κ2) is 9.28. The second-order valence-electron chi connectivity index (χ2n) is 7.87. The fraction of sp³-hybridized carbons (Fsp3) is 0.333. The Balaban J connectivity index is 1.28. The summed E-state index contributed by atoms with van der Waals surface area (Å²) in [5.74, 6) is 1.37. The van der Waals surface area contributed by atoms with E-state index < -0.39 is 0 Å². The number of thioether (sulfide) groups is 1. The molecule has 1 fully saturated rings. The Bertz CT molecular complexity index is 1140. The van der Waals surface area contributed by atoms with E-state index in [1.54, 1.807) is 11.3 Å². The summed E-state index contributed by atoms with van der Waals surface area (Å²) in [6, 6.07) is 14.7. The van der Waals surface area contributed by atoms with Crippen LogP contribution < -0.4 is 0 Å². The number of aryl methyl sites for hydroxylation is 1. The number of likely N-dealkylation sites (tertiary alicyclic amines) is 1. The molecule has 0 N–H and O–H groups in total. The molecule has 0 amide bonds. The van der Waals surface area contributed by atoms with Gasteiger partial charge < -0.3 is 4.52 Å². The minimum Gasteiger partial charge on any atom is -0.360 e. The maximum absolute atomic E-state index is 5.55. The van der Waals surface area contributed by atoms with E-state index in [9.17, 15) is 0 Å². The van der Waals surface area contributed by atoms with Crippen LogP contribution in [-0.4, -0.2) is 34.4 Å². The first-order valence-corrected chi connectivity index (χ1v) is 13.5. The third kappa shape index (κ3) is 4.51. The number of hydrogen-bond donors (Lipinski definition) is 0. The Morgan fingerprint density at radius 3 is 2.68 bits per heavy atom. The molecule has 0 aliphatic carbocycles. The molecule has 1 aliphatic heterocycles. The average Bonchev–Trinajstić information content (AvgIpc) is 3.54. The summed E-state index contributed by atoms with van der Waals surface area (Å²) in [7, 11) is 0. The van der Waals surface area contributed by atoms with Crippen molar-refractivity contribution in [2.75, 3.05) is 19.3 Å². The molecule has 0 spiro atoms. The van der Waals surface area contributed by atoms with E-state index in [1.807, 2.05) is 48.2 Å². The van der Waals surface area contributed by atoms with Crippen molar-refractivity contribution in [1.29, 1.82) is 0 Å². The van der Waals surface area contributed by atoms with Gasteiger partial charge in [0.05, 0.1) is 20.5 Å². The molecule has 0 unspecified atom stereocenters. The summed E-state index contributed by atoms with van der Waals surface area (Å²) in [4.78, 5) is 9.10. The Morgan fingerprint density at radius 2 is 1.94 bits per heavy atom. The fourth-order valence-corrected chi connectivity index (χ4v) is 6.79. The SMILES string of the molecule is CSc1ccc(CN2CCC(c3nc(-c4c(-c5ccccc5)noc4C)cs3)CC2)s1. The Hall–Kier alpha value is -1.93. The highest BCUT2D eigenvalue weighted by Gasteiger charge is 2.25. The van der Waals surface area contributed by atoms with Crippen LogP contribution in [0.1, 0.15) is 34.4 Å². The van der Waals surface area contributed by atoms with E-state index in [-0.39, 0.29) is 0 Å². The highest BCUT2D eigenvalue weighted by molar-refractivity contribution is 8.00. The number of rotatable bonds is 6. The summed E-state index contributed by atoms with van der Waals surface area (Å²) < 4.78 is 6.95. The molecular formula is C24H25N3OS3. The van der Waals surface area contributed by atoms with Gasteiger partial charge in [-0.25, -0.2) is 4.98 Å². The number of benzene rings is 1. The topological polar surface area (TPSA) is 42.2 Å². The van der Waals surface area contributed by atoms with Crippen LogP contribution in [0.2, 0.25) is 0 Å². The molecule has 31 heavy (non-hydrogen) atoms. The lowest BCUT2D eigenvalue weighted by atomic mass is 9.97. The Morgan fingerprint density at radius 1 is 1.13 bits per heavy atom. The average molecular weight is 468 g/mol. The molecular weight excluding hydrogens is 442 g/mol. The number of nitrogens with zero attached hydrogens (tertiary/aromatic N) is 3. The summed E-state index contributed by atoms with van der Waals surface area (Å²) in [6.07, 6.45) is 4.48. The van der Waals surface area contributed by atoms with Gasteiger partial charge in [0.1, 0.15) is 11.5 Å². The van der Waals surface area contributed by atoms with Crippen molar-refractivity contribution in [1.82, 2.24) is 15.0 Å². The lowest BCUT2D eigenvalue weighted by Gasteiger charge is -2.30. The quantitative estimate of drug-likeness (QED) is 0.287. The molecule has 1 saturated heterocycles. The number of thiophene rings is 1. The van der Waals surface area contributed by atoms with E-state index in [0.29, 0.717) is 5.92 Å². The molecule has 0 saturated carbocycles. The molecule has 1 aromatic carbocycles. The van der Waals surface area contributed by atoms with Gasteiger partial charge in [-0.15, -0.1) is 34.4 Å². The van der Waals surface area contributed by atoms with E-state index in [4.69, 9.17) is 9.51 Å². The van der Waals surface area contributed by atoms with Gasteiger partial charge >= 0.3 is 0 Å². The van der Waals surface area contributed by atoms with E-state index in [0.717, 1.165) is 47.9 Å². The van der Waals surface area contributed by atoms with Gasteiger partial charge in [0.25, 0.3) is 0 Å². The summed E-state index contributed by atoms with van der Waals surface area (Å²) in [6.45, 7) is 5.31. The van der Waals surface area contributed by atoms with Crippen LogP contribution in [-0.2, 0) is 6.54 Å². The van der Waals surface area contributed by atoms with Crippen LogP contribution in [0, 0.1) is 6.92 Å². The zero-order valence-electron chi connectivity index (χ0n) is 17.7. The number of hydrogen-bond acceptors (Lipinski definition) is 7. The standard InChI is InChI=1S/C24H25N3OS3/c1-16-22(23(26-28-16)17-6-4-3-5-7-17)20-15-30-24(25-20)18-10-12-27(13-11-18)14-19-8-9-21(29-2)31-19/h3-9,15,18H,10-14H2,1-2H3. The minimum absolute atomic E-state index is 0.542. The van der Waals surface area contributed by atoms with Crippen molar-refractivity contribution in [2.45, 2.75) is 36.4 Å². The van der Waals surface area contributed by atoms with Crippen molar-refractivity contribution in [2.24, 2.45) is 0 Å². The van der Waals surface area contributed by atoms with Crippen molar-refractivity contribution in [3.8, 4) is 22.5 Å². The molecule has 0 atom stereocenters. The van der Waals surface area contributed by atoms with Crippen LogP contribution in [0.15, 0.2) is 56.6 Å². The van der Waals surface area contributed by atoms with Gasteiger partial charge in [0, 0.05) is 28.3 Å². The number of thiazole rings is 1. The van der Waals surface area contributed by atoms with Crippen LogP contribution >= 0.6 is 34.4 Å². The van der Waals surface area contributed by atoms with Gasteiger partial charge in [0.2, 0.25) is 0 Å². The Labute approximate surface area is 195 Å². The predicted molar refractivity (Wildman–Crippen MR) is 131 cm³/mol. The maximum Gasteiger partial charge on any atom is 0.143 e. The molecule has 160 valence electrons. The van der Waals surface area contributed by atoms with Crippen LogP contribution in [0.4, 0.5) is 0 Å². The van der Waals surface area contributed by atoms with Crippen LogP contribution in [0.25, 0.3) is 22.5 Å². The highest BCUT2D eigenvalue weighted by Crippen LogP contribution is 2.38. The lowest BCUT2D eigenvalue weighted by Crippen LogP contribution is -2.32. The highest BCUT2D eigenvalue weighted by atomic mass is 32.2. The summed E-state index contributed by atoms with van der Waals surface area (Å²) in [5.41, 5.74) is 3.96. The molecule has 1 aliphatic rings. The number of piperidine rings is 1. The van der Waals surface area contributed by atoms with Gasteiger partial charge in [-0.2, -0.15) is 0 Å². The first-order chi connectivity index (χ1) is 15.2. The largest absolute Gasteiger partial charge is 0.360 e. The third-order valence-electron chi connectivity index (χ3n) is 5.84. The second-order valence-corrected chi connectivity index (χ2v) is 11.0. The Kier molecular flexibility index (Phi) is 6.27. The van der Waals surface area contributed by atoms with Crippen molar-refractivity contribution < 1.29 is 4.52 Å². The molecule has 3 aromatic heterocycles. The van der Waals surface area contributed by atoms with Gasteiger partial charge in [-0.3, -0.25) is 4.90 Å². The van der Waals surface area contributed by atoms with E-state index >= 15 is 0 Å². The maximum atomic E-state index is 5.55. The van der Waals surface area contributed by atoms with Crippen molar-refractivity contribution >= 4 is 34.4 Å².